The largest absolute Gasteiger partial charge is 0.465 e. The number of hydrogen-bond acceptors (Lipinski definition) is 5. The topological polar surface area (TPSA) is 75.7 Å². The Morgan fingerprint density at radius 2 is 1.91 bits per heavy atom. The van der Waals surface area contributed by atoms with Crippen molar-refractivity contribution in [3.63, 3.8) is 0 Å². The molecule has 1 aliphatic rings. The molecule has 2 unspecified atom stereocenters. The number of sulfonamides is 1. The zero-order valence-corrected chi connectivity index (χ0v) is 15.1. The molecule has 1 aromatic rings. The highest BCUT2D eigenvalue weighted by molar-refractivity contribution is 7.88. The van der Waals surface area contributed by atoms with Crippen LogP contribution in [0.2, 0.25) is 0 Å². The summed E-state index contributed by atoms with van der Waals surface area (Å²) >= 11 is 0. The van der Waals surface area contributed by atoms with Crippen LogP contribution in [0.15, 0.2) is 24.3 Å². The first kappa shape index (κ1) is 19.9. The quantitative estimate of drug-likeness (QED) is 0.819. The number of nitrogens with zero attached hydrogens (tertiary/aromatic N) is 1. The second-order valence-electron chi connectivity index (χ2n) is 5.73. The molecule has 2 rings (SSSR count). The van der Waals surface area contributed by atoms with Crippen LogP contribution in [0.3, 0.4) is 0 Å². The Hall–Kier alpha value is -1.15. The van der Waals surface area contributed by atoms with Crippen molar-refractivity contribution in [2.24, 2.45) is 0 Å². The van der Waals surface area contributed by atoms with Gasteiger partial charge in [0.1, 0.15) is 0 Å². The number of carbonyl (C=O) groups excluding carboxylic acids is 1. The summed E-state index contributed by atoms with van der Waals surface area (Å²) in [5, 5.41) is 3.31. The summed E-state index contributed by atoms with van der Waals surface area (Å²) < 4.78 is 31.3. The molecule has 1 N–H and O–H groups in total. The number of piperazine rings is 1. The number of hydrogen-bond donors (Lipinski definition) is 1. The number of methoxy groups -OCH3 is 1. The standard InChI is InChI=1S/C15H22N2O4S.ClH/c1-11-8-17(9-12(2)16-11)22(19,20)10-13-5-4-6-14(7-13)15(18)21-3;/h4-7,11-12,16H,8-10H2,1-3H3;1H. The van der Waals surface area contributed by atoms with Gasteiger partial charge in [0, 0.05) is 25.2 Å². The molecule has 0 amide bonds. The average Bonchev–Trinajstić information content (AvgIpc) is 2.45. The number of carbonyl (C=O) groups is 1. The molecule has 0 aliphatic carbocycles. The van der Waals surface area contributed by atoms with Crippen LogP contribution < -0.4 is 5.32 Å². The maximum atomic E-state index is 12.6. The molecular formula is C15H23ClN2O4S. The first-order chi connectivity index (χ1) is 10.3. The normalized spacial score (nSPS) is 22.2. The lowest BCUT2D eigenvalue weighted by Crippen LogP contribution is -2.55. The summed E-state index contributed by atoms with van der Waals surface area (Å²) in [5.41, 5.74) is 0.944. The van der Waals surface area contributed by atoms with Crippen LogP contribution in [0, 0.1) is 0 Å². The molecule has 1 aliphatic heterocycles. The van der Waals surface area contributed by atoms with Gasteiger partial charge in [-0.2, -0.15) is 4.31 Å². The molecule has 8 heteroatoms. The highest BCUT2D eigenvalue weighted by Crippen LogP contribution is 2.16. The Balaban J connectivity index is 0.00000264. The SMILES string of the molecule is COC(=O)c1cccc(CS(=O)(=O)N2CC(C)NC(C)C2)c1.Cl. The van der Waals surface area contributed by atoms with Crippen LogP contribution in [0.25, 0.3) is 0 Å². The van der Waals surface area contributed by atoms with Gasteiger partial charge in [0.05, 0.1) is 18.4 Å². The average molecular weight is 363 g/mol. The molecule has 1 saturated heterocycles. The van der Waals surface area contributed by atoms with E-state index in [1.807, 2.05) is 13.8 Å². The lowest BCUT2D eigenvalue weighted by molar-refractivity contribution is 0.0600. The van der Waals surface area contributed by atoms with E-state index in [0.717, 1.165) is 0 Å². The molecule has 23 heavy (non-hydrogen) atoms. The molecular weight excluding hydrogens is 340 g/mol. The van der Waals surface area contributed by atoms with Gasteiger partial charge < -0.3 is 10.1 Å². The molecule has 0 aromatic heterocycles. The second-order valence-corrected chi connectivity index (χ2v) is 7.70. The number of benzene rings is 1. The van der Waals surface area contributed by atoms with Gasteiger partial charge in [0.25, 0.3) is 0 Å². The summed E-state index contributed by atoms with van der Waals surface area (Å²) in [5.74, 6) is -0.583. The van der Waals surface area contributed by atoms with E-state index in [4.69, 9.17) is 0 Å². The third-order valence-electron chi connectivity index (χ3n) is 3.61. The van der Waals surface area contributed by atoms with Gasteiger partial charge in [-0.3, -0.25) is 0 Å². The van der Waals surface area contributed by atoms with E-state index in [1.165, 1.54) is 11.4 Å². The predicted molar refractivity (Wildman–Crippen MR) is 91.3 cm³/mol. The zero-order chi connectivity index (χ0) is 16.3. The summed E-state index contributed by atoms with van der Waals surface area (Å²) in [7, 11) is -2.11. The zero-order valence-electron chi connectivity index (χ0n) is 13.5. The number of esters is 1. The third kappa shape index (κ3) is 5.17. The lowest BCUT2D eigenvalue weighted by atomic mass is 10.1. The van der Waals surface area contributed by atoms with Crippen molar-refractivity contribution < 1.29 is 17.9 Å². The molecule has 0 radical (unpaired) electrons. The van der Waals surface area contributed by atoms with Crippen molar-refractivity contribution in [3.8, 4) is 0 Å². The summed E-state index contributed by atoms with van der Waals surface area (Å²) in [4.78, 5) is 11.5. The fraction of sp³-hybridized carbons (Fsp3) is 0.533. The van der Waals surface area contributed by atoms with E-state index in [9.17, 15) is 13.2 Å². The molecule has 1 heterocycles. The van der Waals surface area contributed by atoms with Gasteiger partial charge in [-0.25, -0.2) is 13.2 Å². The van der Waals surface area contributed by atoms with E-state index in [-0.39, 0.29) is 30.2 Å². The van der Waals surface area contributed by atoms with Crippen molar-refractivity contribution in [1.29, 1.82) is 0 Å². The molecule has 1 fully saturated rings. The summed E-state index contributed by atoms with van der Waals surface area (Å²) in [6.45, 7) is 4.86. The highest BCUT2D eigenvalue weighted by atomic mass is 35.5. The Bertz CT molecular complexity index is 641. The van der Waals surface area contributed by atoms with Gasteiger partial charge in [-0.1, -0.05) is 12.1 Å². The Kier molecular flexibility index (Phi) is 7.01. The van der Waals surface area contributed by atoms with Crippen molar-refractivity contribution >= 4 is 28.4 Å². The third-order valence-corrected chi connectivity index (χ3v) is 5.40. The fourth-order valence-electron chi connectivity index (χ4n) is 2.71. The van der Waals surface area contributed by atoms with Gasteiger partial charge in [-0.15, -0.1) is 12.4 Å². The number of rotatable bonds is 4. The van der Waals surface area contributed by atoms with Gasteiger partial charge in [0.2, 0.25) is 10.0 Å². The van der Waals surface area contributed by atoms with Crippen molar-refractivity contribution in [2.75, 3.05) is 20.2 Å². The molecule has 1 aromatic carbocycles. The Labute approximate surface area is 143 Å². The fourth-order valence-corrected chi connectivity index (χ4v) is 4.40. The summed E-state index contributed by atoms with van der Waals surface area (Å²) in [6.07, 6.45) is 0. The highest BCUT2D eigenvalue weighted by Gasteiger charge is 2.30. The van der Waals surface area contributed by atoms with Crippen molar-refractivity contribution in [3.05, 3.63) is 35.4 Å². The van der Waals surface area contributed by atoms with Crippen LogP contribution in [-0.2, 0) is 20.5 Å². The van der Waals surface area contributed by atoms with E-state index in [1.54, 1.807) is 24.3 Å². The minimum Gasteiger partial charge on any atom is -0.465 e. The maximum absolute atomic E-state index is 12.6. The minimum absolute atomic E-state index is 0. The summed E-state index contributed by atoms with van der Waals surface area (Å²) in [6, 6.07) is 6.80. The first-order valence-electron chi connectivity index (χ1n) is 7.23. The smallest absolute Gasteiger partial charge is 0.337 e. The molecule has 0 bridgehead atoms. The lowest BCUT2D eigenvalue weighted by Gasteiger charge is -2.35. The van der Waals surface area contributed by atoms with Crippen LogP contribution in [0.5, 0.6) is 0 Å². The van der Waals surface area contributed by atoms with Gasteiger partial charge in [-0.05, 0) is 31.5 Å². The van der Waals surface area contributed by atoms with E-state index in [0.29, 0.717) is 24.2 Å². The Morgan fingerprint density at radius 1 is 1.30 bits per heavy atom. The van der Waals surface area contributed by atoms with E-state index in [2.05, 4.69) is 10.1 Å². The Morgan fingerprint density at radius 3 is 2.48 bits per heavy atom. The molecule has 0 spiro atoms. The number of ether oxygens (including phenoxy) is 1. The molecule has 0 saturated carbocycles. The number of halogens is 1. The van der Waals surface area contributed by atoms with Crippen molar-refractivity contribution in [1.82, 2.24) is 9.62 Å². The molecule has 6 nitrogen and oxygen atoms in total. The van der Waals surface area contributed by atoms with Crippen LogP contribution in [-0.4, -0.2) is 51.0 Å². The van der Waals surface area contributed by atoms with E-state index < -0.39 is 16.0 Å². The van der Waals surface area contributed by atoms with Gasteiger partial charge >= 0.3 is 5.97 Å². The predicted octanol–water partition coefficient (Wildman–Crippen LogP) is 1.41. The van der Waals surface area contributed by atoms with Crippen LogP contribution in [0.1, 0.15) is 29.8 Å². The first-order valence-corrected chi connectivity index (χ1v) is 8.84. The monoisotopic (exact) mass is 362 g/mol. The molecule has 2 atom stereocenters. The number of nitrogens with one attached hydrogen (secondary N) is 1. The van der Waals surface area contributed by atoms with Gasteiger partial charge in [0.15, 0.2) is 0 Å². The molecule has 130 valence electrons. The van der Waals surface area contributed by atoms with Crippen LogP contribution in [0.4, 0.5) is 0 Å². The van der Waals surface area contributed by atoms with E-state index >= 15 is 0 Å². The second kappa shape index (κ2) is 8.10. The van der Waals surface area contributed by atoms with Crippen LogP contribution >= 0.6 is 12.4 Å². The van der Waals surface area contributed by atoms with Crippen molar-refractivity contribution in [2.45, 2.75) is 31.7 Å². The minimum atomic E-state index is -3.41. The maximum Gasteiger partial charge on any atom is 0.337 e.